The highest BCUT2D eigenvalue weighted by Crippen LogP contribution is 2.24. The van der Waals surface area contributed by atoms with Crippen molar-refractivity contribution in [2.24, 2.45) is 0 Å². The number of aromatic nitrogens is 1. The fourth-order valence-corrected chi connectivity index (χ4v) is 3.61. The van der Waals surface area contributed by atoms with Crippen molar-refractivity contribution in [2.45, 2.75) is 19.8 Å². The smallest absolute Gasteiger partial charge is 0.226 e. The van der Waals surface area contributed by atoms with Crippen LogP contribution in [0.15, 0.2) is 58.4 Å². The first-order valence-electron chi connectivity index (χ1n) is 8.83. The molecule has 1 heterocycles. The van der Waals surface area contributed by atoms with Crippen LogP contribution in [0.3, 0.4) is 0 Å². The second kappa shape index (κ2) is 9.61. The summed E-state index contributed by atoms with van der Waals surface area (Å²) in [6, 6.07) is 15.5. The molecule has 3 rings (SSSR count). The number of carbonyl (C=O) groups is 2. The topological polar surface area (TPSA) is 71.1 Å². The predicted octanol–water partition coefficient (Wildman–Crippen LogP) is 4.57. The highest BCUT2D eigenvalue weighted by Gasteiger charge is 2.10. The van der Waals surface area contributed by atoms with Gasteiger partial charge in [0.25, 0.3) is 0 Å². The average Bonchev–Trinajstić information content (AvgIpc) is 3.12. The Balaban J connectivity index is 1.42. The Morgan fingerprint density at radius 3 is 2.46 bits per heavy atom. The van der Waals surface area contributed by atoms with E-state index >= 15 is 0 Å². The Morgan fingerprint density at radius 1 is 1.04 bits per heavy atom. The van der Waals surface area contributed by atoms with E-state index in [2.05, 4.69) is 31.5 Å². The van der Waals surface area contributed by atoms with Crippen LogP contribution >= 0.6 is 27.3 Å². The van der Waals surface area contributed by atoms with Crippen LogP contribution in [0.5, 0.6) is 0 Å². The number of carbonyl (C=O) groups excluding carboxylic acids is 2. The molecule has 0 saturated carbocycles. The zero-order chi connectivity index (χ0) is 19.9. The molecule has 2 aromatic carbocycles. The molecule has 2 amide bonds. The molecular formula is C21H20BrN3O2S. The number of rotatable bonds is 7. The molecule has 0 unspecified atom stereocenters. The lowest BCUT2D eigenvalue weighted by molar-refractivity contribution is -0.120. The molecule has 0 aliphatic rings. The molecule has 2 N–H and O–H groups in total. The molecule has 144 valence electrons. The Kier molecular flexibility index (Phi) is 6.95. The van der Waals surface area contributed by atoms with Crippen LogP contribution in [0.4, 0.5) is 5.69 Å². The number of halogens is 1. The second-order valence-electron chi connectivity index (χ2n) is 6.34. The first kappa shape index (κ1) is 20.2. The van der Waals surface area contributed by atoms with Gasteiger partial charge in [-0.05, 0) is 31.2 Å². The summed E-state index contributed by atoms with van der Waals surface area (Å²) in [6.07, 6.45) is 0.421. The Bertz CT molecular complexity index is 953. The maximum Gasteiger partial charge on any atom is 0.226 e. The summed E-state index contributed by atoms with van der Waals surface area (Å²) >= 11 is 4.87. The molecule has 0 aliphatic heterocycles. The van der Waals surface area contributed by atoms with Crippen molar-refractivity contribution in [1.82, 2.24) is 10.3 Å². The maximum atomic E-state index is 12.1. The molecule has 0 fully saturated rings. The summed E-state index contributed by atoms with van der Waals surface area (Å²) < 4.78 is 0.949. The summed E-state index contributed by atoms with van der Waals surface area (Å²) in [5.74, 6) is -0.282. The minimum Gasteiger partial charge on any atom is -0.355 e. The van der Waals surface area contributed by atoms with E-state index in [1.54, 1.807) is 0 Å². The van der Waals surface area contributed by atoms with Gasteiger partial charge in [-0.1, -0.05) is 45.8 Å². The summed E-state index contributed by atoms with van der Waals surface area (Å²) in [4.78, 5) is 28.6. The summed E-state index contributed by atoms with van der Waals surface area (Å²) in [5.41, 5.74) is 3.71. The van der Waals surface area contributed by atoms with Gasteiger partial charge in [-0.3, -0.25) is 9.59 Å². The van der Waals surface area contributed by atoms with Crippen molar-refractivity contribution >= 4 is 44.8 Å². The number of hydrogen-bond acceptors (Lipinski definition) is 4. The van der Waals surface area contributed by atoms with Crippen molar-refractivity contribution in [3.63, 3.8) is 0 Å². The molecule has 3 aromatic rings. The lowest BCUT2D eigenvalue weighted by Crippen LogP contribution is -2.29. The van der Waals surface area contributed by atoms with E-state index in [-0.39, 0.29) is 31.2 Å². The van der Waals surface area contributed by atoms with E-state index in [1.807, 2.05) is 60.8 Å². The Labute approximate surface area is 176 Å². The molecule has 0 saturated heterocycles. The minimum absolute atomic E-state index is 0.141. The predicted molar refractivity (Wildman–Crippen MR) is 116 cm³/mol. The van der Waals surface area contributed by atoms with Crippen molar-refractivity contribution in [1.29, 1.82) is 0 Å². The monoisotopic (exact) mass is 457 g/mol. The number of benzene rings is 2. The van der Waals surface area contributed by atoms with E-state index < -0.39 is 0 Å². The Morgan fingerprint density at radius 2 is 1.75 bits per heavy atom. The molecule has 0 bridgehead atoms. The van der Waals surface area contributed by atoms with Gasteiger partial charge in [-0.15, -0.1) is 11.3 Å². The van der Waals surface area contributed by atoms with Crippen LogP contribution in [-0.4, -0.2) is 23.3 Å². The van der Waals surface area contributed by atoms with Crippen LogP contribution < -0.4 is 10.6 Å². The van der Waals surface area contributed by atoms with Gasteiger partial charge in [0.15, 0.2) is 0 Å². The van der Waals surface area contributed by atoms with E-state index in [4.69, 9.17) is 0 Å². The molecular weight excluding hydrogens is 438 g/mol. The van der Waals surface area contributed by atoms with Crippen molar-refractivity contribution < 1.29 is 9.59 Å². The van der Waals surface area contributed by atoms with Crippen LogP contribution in [0, 0.1) is 6.92 Å². The number of amides is 2. The summed E-state index contributed by atoms with van der Waals surface area (Å²) in [7, 11) is 0. The van der Waals surface area contributed by atoms with Crippen LogP contribution in [0.1, 0.15) is 17.7 Å². The van der Waals surface area contributed by atoms with Crippen LogP contribution in [0.2, 0.25) is 0 Å². The number of aryl methyl sites for hydroxylation is 1. The lowest BCUT2D eigenvalue weighted by atomic mass is 10.2. The van der Waals surface area contributed by atoms with Crippen LogP contribution in [0.25, 0.3) is 10.6 Å². The van der Waals surface area contributed by atoms with Crippen molar-refractivity contribution in [3.8, 4) is 10.6 Å². The number of hydrogen-bond donors (Lipinski definition) is 2. The quantitative estimate of drug-likeness (QED) is 0.545. The van der Waals surface area contributed by atoms with Gasteiger partial charge in [-0.2, -0.15) is 0 Å². The lowest BCUT2D eigenvalue weighted by Gasteiger charge is -2.06. The van der Waals surface area contributed by atoms with E-state index in [0.29, 0.717) is 0 Å². The minimum atomic E-state index is -0.141. The zero-order valence-corrected chi connectivity index (χ0v) is 17.8. The average molecular weight is 458 g/mol. The number of nitrogens with one attached hydrogen (secondary N) is 2. The first-order valence-corrected chi connectivity index (χ1v) is 10.5. The highest BCUT2D eigenvalue weighted by atomic mass is 79.9. The van der Waals surface area contributed by atoms with Gasteiger partial charge in [0, 0.05) is 34.1 Å². The van der Waals surface area contributed by atoms with Crippen molar-refractivity contribution in [3.05, 3.63) is 69.6 Å². The van der Waals surface area contributed by atoms with Gasteiger partial charge in [0.05, 0.1) is 12.1 Å². The van der Waals surface area contributed by atoms with E-state index in [9.17, 15) is 9.59 Å². The third-order valence-electron chi connectivity index (χ3n) is 3.99. The number of anilines is 1. The summed E-state index contributed by atoms with van der Waals surface area (Å²) in [5, 5.41) is 8.36. The third-order valence-corrected chi connectivity index (χ3v) is 5.46. The second-order valence-corrected chi connectivity index (χ2v) is 8.12. The standard InChI is InChI=1S/C21H20BrN3O2S/c1-14-2-4-15(5-3-14)21-25-18(13-28-21)12-20(27)23-11-10-19(26)24-17-8-6-16(22)7-9-17/h2-9,13H,10-12H2,1H3,(H,23,27)(H,24,26). The van der Waals surface area contributed by atoms with Gasteiger partial charge >= 0.3 is 0 Å². The van der Waals surface area contributed by atoms with Crippen LogP contribution in [-0.2, 0) is 16.0 Å². The fourth-order valence-electron chi connectivity index (χ4n) is 2.52. The maximum absolute atomic E-state index is 12.1. The van der Waals surface area contributed by atoms with E-state index in [0.717, 1.165) is 26.4 Å². The first-order chi connectivity index (χ1) is 13.5. The summed E-state index contributed by atoms with van der Waals surface area (Å²) in [6.45, 7) is 2.33. The zero-order valence-electron chi connectivity index (χ0n) is 15.4. The molecule has 5 nitrogen and oxygen atoms in total. The number of thiazole rings is 1. The van der Waals surface area contributed by atoms with Gasteiger partial charge < -0.3 is 10.6 Å². The molecule has 0 aliphatic carbocycles. The van der Waals surface area contributed by atoms with Crippen molar-refractivity contribution in [2.75, 3.05) is 11.9 Å². The molecule has 0 radical (unpaired) electrons. The Hall–Kier alpha value is -2.51. The number of nitrogens with zero attached hydrogens (tertiary/aromatic N) is 1. The molecule has 0 atom stereocenters. The molecule has 7 heteroatoms. The molecule has 28 heavy (non-hydrogen) atoms. The third kappa shape index (κ3) is 6.00. The fraction of sp³-hybridized carbons (Fsp3) is 0.190. The molecule has 0 spiro atoms. The van der Waals surface area contributed by atoms with Gasteiger partial charge in [-0.25, -0.2) is 4.98 Å². The largest absolute Gasteiger partial charge is 0.355 e. The van der Waals surface area contributed by atoms with Gasteiger partial charge in [0.2, 0.25) is 11.8 Å². The normalized spacial score (nSPS) is 10.5. The van der Waals surface area contributed by atoms with E-state index in [1.165, 1.54) is 16.9 Å². The SMILES string of the molecule is Cc1ccc(-c2nc(CC(=O)NCCC(=O)Nc3ccc(Br)cc3)cs2)cc1. The van der Waals surface area contributed by atoms with Gasteiger partial charge in [0.1, 0.15) is 5.01 Å². The highest BCUT2D eigenvalue weighted by molar-refractivity contribution is 9.10. The molecule has 1 aromatic heterocycles.